The Morgan fingerprint density at radius 1 is 1.33 bits per heavy atom. The standard InChI is InChI=1S/C12H12N2O4/c13-12(16)7-3-11(15)14(5-7)8-1-2-9-10(4-8)18-6-17-9/h1-2,4,7H,3,5-6H2,(H2,13,16). The Bertz CT molecular complexity index is 529. The van der Waals surface area contributed by atoms with Gasteiger partial charge in [-0.2, -0.15) is 0 Å². The second-order valence-corrected chi connectivity index (χ2v) is 4.35. The van der Waals surface area contributed by atoms with Crippen LogP contribution in [0.4, 0.5) is 5.69 Å². The minimum atomic E-state index is -0.438. The van der Waals surface area contributed by atoms with Gasteiger partial charge < -0.3 is 20.1 Å². The van der Waals surface area contributed by atoms with Crippen molar-refractivity contribution in [2.24, 2.45) is 11.7 Å². The van der Waals surface area contributed by atoms with Gasteiger partial charge in [0.1, 0.15) is 0 Å². The molecule has 1 unspecified atom stereocenters. The first kappa shape index (κ1) is 10.9. The van der Waals surface area contributed by atoms with Crippen molar-refractivity contribution in [2.75, 3.05) is 18.2 Å². The molecule has 6 nitrogen and oxygen atoms in total. The summed E-state index contributed by atoms with van der Waals surface area (Å²) in [5.41, 5.74) is 5.93. The van der Waals surface area contributed by atoms with Gasteiger partial charge in [-0.15, -0.1) is 0 Å². The van der Waals surface area contributed by atoms with Crippen LogP contribution in [-0.4, -0.2) is 25.2 Å². The zero-order chi connectivity index (χ0) is 12.7. The number of ether oxygens (including phenoxy) is 2. The van der Waals surface area contributed by atoms with Crippen LogP contribution in [0.1, 0.15) is 6.42 Å². The maximum atomic E-state index is 11.8. The number of benzene rings is 1. The van der Waals surface area contributed by atoms with Crippen LogP contribution in [0.15, 0.2) is 18.2 Å². The maximum absolute atomic E-state index is 11.8. The molecule has 0 bridgehead atoms. The third-order valence-corrected chi connectivity index (χ3v) is 3.20. The van der Waals surface area contributed by atoms with Gasteiger partial charge >= 0.3 is 0 Å². The van der Waals surface area contributed by atoms with E-state index >= 15 is 0 Å². The molecule has 94 valence electrons. The van der Waals surface area contributed by atoms with Gasteiger partial charge in [0, 0.05) is 24.7 Å². The van der Waals surface area contributed by atoms with Gasteiger partial charge in [0.15, 0.2) is 11.5 Å². The molecule has 18 heavy (non-hydrogen) atoms. The fourth-order valence-electron chi connectivity index (χ4n) is 2.20. The van der Waals surface area contributed by atoms with Crippen molar-refractivity contribution < 1.29 is 19.1 Å². The molecule has 0 aromatic heterocycles. The number of rotatable bonds is 2. The van der Waals surface area contributed by atoms with E-state index in [0.29, 0.717) is 23.7 Å². The average molecular weight is 248 g/mol. The molecule has 2 N–H and O–H groups in total. The van der Waals surface area contributed by atoms with E-state index in [1.807, 2.05) is 0 Å². The topological polar surface area (TPSA) is 81.9 Å². The number of hydrogen-bond donors (Lipinski definition) is 1. The highest BCUT2D eigenvalue weighted by atomic mass is 16.7. The summed E-state index contributed by atoms with van der Waals surface area (Å²) in [4.78, 5) is 24.5. The number of fused-ring (bicyclic) bond motifs is 1. The number of amides is 2. The first-order valence-electron chi connectivity index (χ1n) is 5.64. The van der Waals surface area contributed by atoms with E-state index in [4.69, 9.17) is 15.2 Å². The first-order valence-corrected chi connectivity index (χ1v) is 5.64. The van der Waals surface area contributed by atoms with Gasteiger partial charge in [-0.3, -0.25) is 9.59 Å². The number of primary amides is 1. The average Bonchev–Trinajstić information content (AvgIpc) is 2.93. The highest BCUT2D eigenvalue weighted by molar-refractivity contribution is 6.00. The zero-order valence-electron chi connectivity index (χ0n) is 9.59. The highest BCUT2D eigenvalue weighted by Gasteiger charge is 2.34. The number of carbonyl (C=O) groups is 2. The molecule has 2 aliphatic heterocycles. The summed E-state index contributed by atoms with van der Waals surface area (Å²) < 4.78 is 10.5. The summed E-state index contributed by atoms with van der Waals surface area (Å²) in [6.07, 6.45) is 0.170. The molecular weight excluding hydrogens is 236 g/mol. The lowest BCUT2D eigenvalue weighted by Crippen LogP contribution is -2.28. The number of carbonyl (C=O) groups excluding carboxylic acids is 2. The maximum Gasteiger partial charge on any atom is 0.231 e. The highest BCUT2D eigenvalue weighted by Crippen LogP contribution is 2.37. The zero-order valence-corrected chi connectivity index (χ0v) is 9.59. The van der Waals surface area contributed by atoms with Crippen molar-refractivity contribution in [1.82, 2.24) is 0 Å². The Labute approximate surface area is 103 Å². The Balaban J connectivity index is 1.87. The van der Waals surface area contributed by atoms with Gasteiger partial charge in [-0.25, -0.2) is 0 Å². The van der Waals surface area contributed by atoms with E-state index in [-0.39, 0.29) is 19.1 Å². The van der Waals surface area contributed by atoms with Crippen LogP contribution in [0.25, 0.3) is 0 Å². The lowest BCUT2D eigenvalue weighted by molar-refractivity contribution is -0.123. The van der Waals surface area contributed by atoms with Gasteiger partial charge in [0.25, 0.3) is 0 Å². The molecule has 3 rings (SSSR count). The van der Waals surface area contributed by atoms with E-state index in [0.717, 1.165) is 0 Å². The van der Waals surface area contributed by atoms with Crippen molar-refractivity contribution in [3.8, 4) is 11.5 Å². The van der Waals surface area contributed by atoms with Gasteiger partial charge in [-0.1, -0.05) is 0 Å². The number of nitrogens with zero attached hydrogens (tertiary/aromatic N) is 1. The van der Waals surface area contributed by atoms with E-state index in [9.17, 15) is 9.59 Å². The smallest absolute Gasteiger partial charge is 0.231 e. The molecule has 0 spiro atoms. The van der Waals surface area contributed by atoms with Crippen LogP contribution < -0.4 is 20.1 Å². The Hall–Kier alpha value is -2.24. The predicted molar refractivity (Wildman–Crippen MR) is 62.2 cm³/mol. The van der Waals surface area contributed by atoms with Crippen LogP contribution in [0.2, 0.25) is 0 Å². The third kappa shape index (κ3) is 1.66. The molecule has 1 fully saturated rings. The summed E-state index contributed by atoms with van der Waals surface area (Å²) in [5.74, 6) is 0.326. The van der Waals surface area contributed by atoms with Crippen LogP contribution >= 0.6 is 0 Å². The molecule has 0 radical (unpaired) electrons. The van der Waals surface area contributed by atoms with Crippen molar-refractivity contribution in [3.63, 3.8) is 0 Å². The summed E-state index contributed by atoms with van der Waals surface area (Å²) >= 11 is 0. The molecule has 0 saturated carbocycles. The second-order valence-electron chi connectivity index (χ2n) is 4.35. The number of nitrogens with two attached hydrogens (primary N) is 1. The predicted octanol–water partition coefficient (Wildman–Crippen LogP) is 0.253. The normalized spacial score (nSPS) is 21.4. The summed E-state index contributed by atoms with van der Waals surface area (Å²) in [6, 6.07) is 5.26. The molecule has 1 saturated heterocycles. The summed E-state index contributed by atoms with van der Waals surface area (Å²) in [6.45, 7) is 0.518. The lowest BCUT2D eigenvalue weighted by atomic mass is 10.1. The van der Waals surface area contributed by atoms with Crippen molar-refractivity contribution in [1.29, 1.82) is 0 Å². The van der Waals surface area contributed by atoms with Crippen LogP contribution in [0.5, 0.6) is 11.5 Å². The minimum absolute atomic E-state index is 0.0994. The Morgan fingerprint density at radius 3 is 2.83 bits per heavy atom. The van der Waals surface area contributed by atoms with Crippen LogP contribution in [-0.2, 0) is 9.59 Å². The fraction of sp³-hybridized carbons (Fsp3) is 0.333. The molecular formula is C12H12N2O4. The molecule has 0 aliphatic carbocycles. The monoisotopic (exact) mass is 248 g/mol. The molecule has 1 aromatic carbocycles. The summed E-state index contributed by atoms with van der Waals surface area (Å²) in [7, 11) is 0. The molecule has 1 aromatic rings. The minimum Gasteiger partial charge on any atom is -0.454 e. The largest absolute Gasteiger partial charge is 0.454 e. The Kier molecular flexibility index (Phi) is 2.36. The number of hydrogen-bond acceptors (Lipinski definition) is 4. The van der Waals surface area contributed by atoms with E-state index in [1.54, 1.807) is 23.1 Å². The number of anilines is 1. The van der Waals surface area contributed by atoms with Crippen LogP contribution in [0.3, 0.4) is 0 Å². The molecule has 6 heteroatoms. The van der Waals surface area contributed by atoms with Gasteiger partial charge in [0.2, 0.25) is 18.6 Å². The van der Waals surface area contributed by atoms with Gasteiger partial charge in [-0.05, 0) is 12.1 Å². The van der Waals surface area contributed by atoms with Crippen LogP contribution in [0, 0.1) is 5.92 Å². The second kappa shape index (κ2) is 3.90. The SMILES string of the molecule is NC(=O)C1CC(=O)N(c2ccc3c(c2)OCO3)C1. The third-order valence-electron chi connectivity index (χ3n) is 3.20. The van der Waals surface area contributed by atoms with Crippen molar-refractivity contribution in [2.45, 2.75) is 6.42 Å². The van der Waals surface area contributed by atoms with E-state index < -0.39 is 11.8 Å². The summed E-state index contributed by atoms with van der Waals surface area (Å²) in [5, 5.41) is 0. The fourth-order valence-corrected chi connectivity index (χ4v) is 2.20. The van der Waals surface area contributed by atoms with Crippen molar-refractivity contribution in [3.05, 3.63) is 18.2 Å². The molecule has 2 amide bonds. The Morgan fingerprint density at radius 2 is 2.11 bits per heavy atom. The van der Waals surface area contributed by atoms with Gasteiger partial charge in [0.05, 0.1) is 5.92 Å². The lowest BCUT2D eigenvalue weighted by Gasteiger charge is -2.16. The first-order chi connectivity index (χ1) is 8.65. The molecule has 2 heterocycles. The van der Waals surface area contributed by atoms with E-state index in [2.05, 4.69) is 0 Å². The molecule has 2 aliphatic rings. The quantitative estimate of drug-likeness (QED) is 0.813. The van der Waals surface area contributed by atoms with E-state index in [1.165, 1.54) is 0 Å². The molecule has 1 atom stereocenters. The van der Waals surface area contributed by atoms with Crippen molar-refractivity contribution >= 4 is 17.5 Å².